The second-order valence-electron chi connectivity index (χ2n) is 6.83. The van der Waals surface area contributed by atoms with E-state index in [0.29, 0.717) is 17.1 Å². The zero-order valence-corrected chi connectivity index (χ0v) is 18.3. The van der Waals surface area contributed by atoms with E-state index in [1.807, 2.05) is 43.3 Å². The van der Waals surface area contributed by atoms with E-state index in [4.69, 9.17) is 33.7 Å². The maximum absolute atomic E-state index is 8.47. The molecule has 0 radical (unpaired) electrons. The van der Waals surface area contributed by atoms with E-state index in [-0.39, 0.29) is 0 Å². The van der Waals surface area contributed by atoms with E-state index < -0.39 is 0 Å². The number of rotatable bonds is 2. The first-order valence-electron chi connectivity index (χ1n) is 9.40. The average Bonchev–Trinajstić information content (AvgIpc) is 3.09. The highest BCUT2D eigenvalue weighted by Gasteiger charge is 2.17. The van der Waals surface area contributed by atoms with Crippen molar-refractivity contribution in [2.24, 2.45) is 5.92 Å². The van der Waals surface area contributed by atoms with E-state index in [9.17, 15) is 0 Å². The lowest BCUT2D eigenvalue weighted by Gasteiger charge is -2.07. The van der Waals surface area contributed by atoms with Crippen molar-refractivity contribution >= 4 is 23.2 Å². The van der Waals surface area contributed by atoms with Gasteiger partial charge >= 0.3 is 0 Å². The summed E-state index contributed by atoms with van der Waals surface area (Å²) in [5.41, 5.74) is 2.83. The van der Waals surface area contributed by atoms with Crippen molar-refractivity contribution in [3.05, 3.63) is 69.2 Å². The first kappa shape index (κ1) is 24.0. The molecule has 0 saturated carbocycles. The van der Waals surface area contributed by atoms with E-state index in [1.54, 1.807) is 12.1 Å². The Balaban J connectivity index is 0.000000210. The van der Waals surface area contributed by atoms with Crippen LogP contribution in [-0.2, 0) is 6.42 Å². The van der Waals surface area contributed by atoms with Gasteiger partial charge in [-0.25, -0.2) is 0 Å². The minimum atomic E-state index is 0.530. The summed E-state index contributed by atoms with van der Waals surface area (Å²) in [5, 5.41) is 18.2. The zero-order chi connectivity index (χ0) is 20.9. The number of likely N-dealkylation sites (tertiary alicyclic amines) is 1. The third-order valence-corrected chi connectivity index (χ3v) is 5.07. The molecule has 0 spiro atoms. The van der Waals surface area contributed by atoms with E-state index in [1.165, 1.54) is 12.0 Å². The fraction of sp³-hybridized carbons (Fsp3) is 0.391. The van der Waals surface area contributed by atoms with Crippen LogP contribution in [0.25, 0.3) is 0 Å². The van der Waals surface area contributed by atoms with Gasteiger partial charge in [0.1, 0.15) is 6.07 Å². The molecule has 1 aliphatic heterocycles. The molecule has 1 saturated heterocycles. The molecule has 0 aromatic heterocycles. The highest BCUT2D eigenvalue weighted by Crippen LogP contribution is 2.16. The Hall–Kier alpha value is -2.04. The molecule has 5 heteroatoms. The summed E-state index contributed by atoms with van der Waals surface area (Å²) in [5.74, 6) is 0.804. The van der Waals surface area contributed by atoms with E-state index in [2.05, 4.69) is 24.8 Å². The molecular formula is C23H27Cl2N3. The van der Waals surface area contributed by atoms with Crippen LogP contribution in [0.3, 0.4) is 0 Å². The number of benzene rings is 2. The lowest BCUT2D eigenvalue weighted by Crippen LogP contribution is -2.20. The molecule has 0 bridgehead atoms. The highest BCUT2D eigenvalue weighted by atomic mass is 35.5. The number of hydrogen-bond donors (Lipinski definition) is 0. The zero-order valence-electron chi connectivity index (χ0n) is 16.8. The quantitative estimate of drug-likeness (QED) is 0.542. The molecule has 2 aromatic carbocycles. The van der Waals surface area contributed by atoms with Crippen LogP contribution in [-0.4, -0.2) is 24.5 Å². The van der Waals surface area contributed by atoms with Crippen LogP contribution in [0.5, 0.6) is 0 Å². The molecule has 3 rings (SSSR count). The predicted octanol–water partition coefficient (Wildman–Crippen LogP) is 6.27. The van der Waals surface area contributed by atoms with Gasteiger partial charge in [-0.15, -0.1) is 0 Å². The lowest BCUT2D eigenvalue weighted by molar-refractivity contribution is 0.368. The minimum absolute atomic E-state index is 0.530. The van der Waals surface area contributed by atoms with E-state index >= 15 is 0 Å². The van der Waals surface area contributed by atoms with Crippen molar-refractivity contribution < 1.29 is 0 Å². The number of hydrogen-bond acceptors (Lipinski definition) is 3. The molecule has 3 nitrogen and oxygen atoms in total. The van der Waals surface area contributed by atoms with Crippen molar-refractivity contribution in [2.45, 2.75) is 33.6 Å². The Morgan fingerprint density at radius 2 is 1.82 bits per heavy atom. The highest BCUT2D eigenvalue weighted by molar-refractivity contribution is 6.31. The van der Waals surface area contributed by atoms with Crippen molar-refractivity contribution in [3.8, 4) is 12.1 Å². The Morgan fingerprint density at radius 3 is 2.29 bits per heavy atom. The van der Waals surface area contributed by atoms with Gasteiger partial charge in [-0.1, -0.05) is 61.3 Å². The first-order chi connectivity index (χ1) is 13.4. The molecule has 0 aliphatic carbocycles. The van der Waals surface area contributed by atoms with Crippen molar-refractivity contribution in [3.63, 3.8) is 0 Å². The molecule has 1 heterocycles. The maximum Gasteiger partial charge on any atom is 0.101 e. The van der Waals surface area contributed by atoms with Crippen LogP contribution in [0.2, 0.25) is 10.0 Å². The number of halogens is 2. The topological polar surface area (TPSA) is 50.8 Å². The molecule has 0 amide bonds. The molecule has 1 fully saturated rings. The van der Waals surface area contributed by atoms with Crippen LogP contribution in [0.4, 0.5) is 0 Å². The van der Waals surface area contributed by atoms with Gasteiger partial charge in [-0.2, -0.15) is 10.5 Å². The first-order valence-corrected chi connectivity index (χ1v) is 10.2. The summed E-state index contributed by atoms with van der Waals surface area (Å²) in [6.45, 7) is 9.12. The van der Waals surface area contributed by atoms with Crippen LogP contribution in [0, 0.1) is 35.5 Å². The third-order valence-electron chi connectivity index (χ3n) is 4.39. The van der Waals surface area contributed by atoms with Gasteiger partial charge in [0.2, 0.25) is 0 Å². The lowest BCUT2D eigenvalue weighted by atomic mass is 10.2. The Kier molecular flexibility index (Phi) is 11.3. The monoisotopic (exact) mass is 415 g/mol. The van der Waals surface area contributed by atoms with Gasteiger partial charge < -0.3 is 0 Å². The Morgan fingerprint density at radius 1 is 1.11 bits per heavy atom. The third kappa shape index (κ3) is 8.77. The smallest absolute Gasteiger partial charge is 0.101 e. The molecule has 2 aromatic rings. The van der Waals surface area contributed by atoms with Gasteiger partial charge in [0, 0.05) is 11.6 Å². The summed E-state index contributed by atoms with van der Waals surface area (Å²) in [6.07, 6.45) is 2.28. The second-order valence-corrected chi connectivity index (χ2v) is 7.64. The fourth-order valence-corrected chi connectivity index (χ4v) is 3.31. The van der Waals surface area contributed by atoms with Crippen molar-refractivity contribution in [1.82, 2.24) is 4.90 Å². The number of nitrogens with zero attached hydrogens (tertiary/aromatic N) is 3. The maximum atomic E-state index is 8.47. The van der Waals surface area contributed by atoms with Gasteiger partial charge in [0.25, 0.3) is 0 Å². The molecular weight excluding hydrogens is 389 g/mol. The summed E-state index contributed by atoms with van der Waals surface area (Å²) in [7, 11) is 0. The Bertz CT molecular complexity index is 821. The summed E-state index contributed by atoms with van der Waals surface area (Å²) in [4.78, 5) is 2.20. The molecule has 1 atom stereocenters. The van der Waals surface area contributed by atoms with Gasteiger partial charge in [0.05, 0.1) is 23.2 Å². The van der Waals surface area contributed by atoms with E-state index in [0.717, 1.165) is 36.0 Å². The SMILES string of the molecule is CC1CCN(CC#N)C1.CCc1ccccc1Cl.Cc1ccc(C#N)c(Cl)c1. The largest absolute Gasteiger partial charge is 0.290 e. The minimum Gasteiger partial charge on any atom is -0.290 e. The molecule has 0 N–H and O–H groups in total. The van der Waals surface area contributed by atoms with Gasteiger partial charge in [-0.3, -0.25) is 4.90 Å². The van der Waals surface area contributed by atoms with Crippen LogP contribution in [0.15, 0.2) is 42.5 Å². The normalized spacial score (nSPS) is 15.3. The average molecular weight is 416 g/mol. The second kappa shape index (κ2) is 13.2. The predicted molar refractivity (Wildman–Crippen MR) is 118 cm³/mol. The van der Waals surface area contributed by atoms with Gasteiger partial charge in [0.15, 0.2) is 0 Å². The van der Waals surface area contributed by atoms with Crippen molar-refractivity contribution in [1.29, 1.82) is 10.5 Å². The number of nitriles is 2. The number of aryl methyl sites for hydroxylation is 2. The summed E-state index contributed by atoms with van der Waals surface area (Å²) in [6, 6.07) is 17.4. The fourth-order valence-electron chi connectivity index (χ4n) is 2.77. The molecule has 28 heavy (non-hydrogen) atoms. The molecule has 1 unspecified atom stereocenters. The van der Waals surface area contributed by atoms with Crippen LogP contribution < -0.4 is 0 Å². The Labute approximate surface area is 179 Å². The van der Waals surface area contributed by atoms with Crippen LogP contribution >= 0.6 is 23.2 Å². The molecule has 1 aliphatic rings. The van der Waals surface area contributed by atoms with Gasteiger partial charge in [-0.05, 0) is 61.6 Å². The van der Waals surface area contributed by atoms with Crippen molar-refractivity contribution in [2.75, 3.05) is 19.6 Å². The van der Waals surface area contributed by atoms with Crippen LogP contribution in [0.1, 0.15) is 37.0 Å². The summed E-state index contributed by atoms with van der Waals surface area (Å²) < 4.78 is 0. The standard InChI is InChI=1S/C8H6ClN.C8H9Cl.C7H12N2/c1-6-2-3-7(5-10)8(9)4-6;1-2-7-5-3-4-6-8(7)9;1-7-2-4-9(6-7)5-3-8/h2-4H,1H3;3-6H,2H2,1H3;7H,2,4-6H2,1H3. The summed E-state index contributed by atoms with van der Waals surface area (Å²) >= 11 is 11.5. The molecule has 148 valence electrons.